The SMILES string of the molecule is CCOC(=O)c1cnc(-c2cc(Br)cs2)nc1Cl. The molecule has 94 valence electrons. The fourth-order valence-corrected chi connectivity index (χ4v) is 2.83. The first-order valence-corrected chi connectivity index (χ1v) is 7.11. The highest BCUT2D eigenvalue weighted by molar-refractivity contribution is 9.10. The van der Waals surface area contributed by atoms with Gasteiger partial charge in [-0.25, -0.2) is 14.8 Å². The van der Waals surface area contributed by atoms with Crippen LogP contribution in [0.1, 0.15) is 17.3 Å². The number of carbonyl (C=O) groups is 1. The molecule has 0 saturated carbocycles. The zero-order valence-electron chi connectivity index (χ0n) is 9.31. The summed E-state index contributed by atoms with van der Waals surface area (Å²) in [6, 6.07) is 1.89. The molecule has 2 rings (SSSR count). The van der Waals surface area contributed by atoms with E-state index in [0.29, 0.717) is 5.82 Å². The highest BCUT2D eigenvalue weighted by Gasteiger charge is 2.15. The van der Waals surface area contributed by atoms with Gasteiger partial charge in [0, 0.05) is 16.0 Å². The molecule has 0 spiro atoms. The van der Waals surface area contributed by atoms with Crippen molar-refractivity contribution >= 4 is 44.8 Å². The maximum atomic E-state index is 11.5. The predicted octanol–water partition coefficient (Wildman–Crippen LogP) is 3.80. The van der Waals surface area contributed by atoms with Crippen LogP contribution in [0, 0.1) is 0 Å². The lowest BCUT2D eigenvalue weighted by molar-refractivity contribution is 0.0525. The van der Waals surface area contributed by atoms with Crippen molar-refractivity contribution in [1.82, 2.24) is 9.97 Å². The topological polar surface area (TPSA) is 52.1 Å². The van der Waals surface area contributed by atoms with Crippen LogP contribution in [-0.2, 0) is 4.74 Å². The van der Waals surface area contributed by atoms with E-state index in [1.165, 1.54) is 17.5 Å². The third-order valence-corrected chi connectivity index (χ3v) is 4.00. The molecule has 0 atom stereocenters. The lowest BCUT2D eigenvalue weighted by atomic mass is 10.3. The summed E-state index contributed by atoms with van der Waals surface area (Å²) in [5, 5.41) is 2.02. The molecule has 18 heavy (non-hydrogen) atoms. The molecule has 0 aliphatic rings. The number of esters is 1. The Hall–Kier alpha value is -0.980. The molecule has 0 N–H and O–H groups in total. The number of thiophene rings is 1. The molecule has 2 aromatic heterocycles. The number of hydrogen-bond acceptors (Lipinski definition) is 5. The molecule has 7 heteroatoms. The van der Waals surface area contributed by atoms with E-state index in [0.717, 1.165) is 9.35 Å². The molecule has 0 amide bonds. The normalized spacial score (nSPS) is 10.4. The molecule has 0 bridgehead atoms. The molecule has 0 aromatic carbocycles. The Morgan fingerprint density at radius 3 is 2.94 bits per heavy atom. The molecule has 0 saturated heterocycles. The minimum absolute atomic E-state index is 0.1000. The second-order valence-electron chi connectivity index (χ2n) is 3.25. The van der Waals surface area contributed by atoms with Crippen molar-refractivity contribution in [3.8, 4) is 10.7 Å². The van der Waals surface area contributed by atoms with Gasteiger partial charge in [0.25, 0.3) is 0 Å². The summed E-state index contributed by atoms with van der Waals surface area (Å²) in [6.07, 6.45) is 1.39. The van der Waals surface area contributed by atoms with Crippen LogP contribution >= 0.6 is 38.9 Å². The number of carbonyl (C=O) groups excluding carboxylic acids is 1. The first kappa shape index (κ1) is 13.5. The minimum atomic E-state index is -0.513. The summed E-state index contributed by atoms with van der Waals surface area (Å²) in [5.41, 5.74) is 0.179. The standard InChI is InChI=1S/C11H8BrClN2O2S/c1-2-17-11(16)7-4-14-10(15-9(7)13)8-3-6(12)5-18-8/h3-5H,2H2,1H3. The van der Waals surface area contributed by atoms with E-state index in [1.807, 2.05) is 11.4 Å². The number of hydrogen-bond donors (Lipinski definition) is 0. The van der Waals surface area contributed by atoms with E-state index in [2.05, 4.69) is 25.9 Å². The first-order valence-electron chi connectivity index (χ1n) is 5.06. The van der Waals surface area contributed by atoms with Crippen LogP contribution in [0.2, 0.25) is 5.15 Å². The maximum Gasteiger partial charge on any atom is 0.342 e. The van der Waals surface area contributed by atoms with Gasteiger partial charge in [-0.3, -0.25) is 0 Å². The van der Waals surface area contributed by atoms with E-state index in [1.54, 1.807) is 6.92 Å². The zero-order chi connectivity index (χ0) is 13.1. The van der Waals surface area contributed by atoms with Crippen LogP contribution in [0.5, 0.6) is 0 Å². The van der Waals surface area contributed by atoms with Crippen molar-refractivity contribution in [2.24, 2.45) is 0 Å². The van der Waals surface area contributed by atoms with Gasteiger partial charge in [-0.2, -0.15) is 0 Å². The van der Waals surface area contributed by atoms with E-state index >= 15 is 0 Å². The summed E-state index contributed by atoms with van der Waals surface area (Å²) in [5.74, 6) is -0.0230. The van der Waals surface area contributed by atoms with Crippen LogP contribution in [0.25, 0.3) is 10.7 Å². The lowest BCUT2D eigenvalue weighted by Crippen LogP contribution is -2.07. The molecular formula is C11H8BrClN2O2S. The number of nitrogens with zero attached hydrogens (tertiary/aromatic N) is 2. The smallest absolute Gasteiger partial charge is 0.342 e. The van der Waals surface area contributed by atoms with Gasteiger partial charge in [0.2, 0.25) is 0 Å². The summed E-state index contributed by atoms with van der Waals surface area (Å²) in [6.45, 7) is 2.01. The van der Waals surface area contributed by atoms with E-state index in [4.69, 9.17) is 16.3 Å². The Morgan fingerprint density at radius 2 is 2.39 bits per heavy atom. The van der Waals surface area contributed by atoms with Crippen molar-refractivity contribution in [3.63, 3.8) is 0 Å². The molecule has 2 heterocycles. The van der Waals surface area contributed by atoms with Crippen molar-refractivity contribution in [2.75, 3.05) is 6.61 Å². The predicted molar refractivity (Wildman–Crippen MR) is 74.0 cm³/mol. The van der Waals surface area contributed by atoms with Gasteiger partial charge < -0.3 is 4.74 Å². The van der Waals surface area contributed by atoms with E-state index < -0.39 is 5.97 Å². The Balaban J connectivity index is 2.33. The molecular weight excluding hydrogens is 340 g/mol. The molecule has 0 aliphatic carbocycles. The van der Waals surface area contributed by atoms with Gasteiger partial charge in [0.15, 0.2) is 5.82 Å². The number of ether oxygens (including phenoxy) is 1. The first-order chi connectivity index (χ1) is 8.61. The van der Waals surface area contributed by atoms with Crippen LogP contribution in [0.3, 0.4) is 0 Å². The van der Waals surface area contributed by atoms with Gasteiger partial charge in [-0.1, -0.05) is 11.6 Å². The van der Waals surface area contributed by atoms with Crippen molar-refractivity contribution in [3.05, 3.63) is 32.8 Å². The quantitative estimate of drug-likeness (QED) is 0.626. The van der Waals surface area contributed by atoms with Crippen LogP contribution in [0.15, 0.2) is 22.1 Å². The minimum Gasteiger partial charge on any atom is -0.462 e. The summed E-state index contributed by atoms with van der Waals surface area (Å²) >= 11 is 10.8. The van der Waals surface area contributed by atoms with Crippen molar-refractivity contribution in [2.45, 2.75) is 6.92 Å². The highest BCUT2D eigenvalue weighted by Crippen LogP contribution is 2.28. The lowest BCUT2D eigenvalue weighted by Gasteiger charge is -2.03. The van der Waals surface area contributed by atoms with Gasteiger partial charge >= 0.3 is 5.97 Å². The number of halogens is 2. The average molecular weight is 348 g/mol. The summed E-state index contributed by atoms with van der Waals surface area (Å²) in [7, 11) is 0. The average Bonchev–Trinajstić information content (AvgIpc) is 2.76. The van der Waals surface area contributed by atoms with E-state index in [9.17, 15) is 4.79 Å². The number of rotatable bonds is 3. The summed E-state index contributed by atoms with van der Waals surface area (Å²) in [4.78, 5) is 20.6. The molecule has 2 aromatic rings. The van der Waals surface area contributed by atoms with Gasteiger partial charge in [-0.05, 0) is 28.9 Å². The maximum absolute atomic E-state index is 11.5. The third kappa shape index (κ3) is 2.88. The van der Waals surface area contributed by atoms with Gasteiger partial charge in [0.1, 0.15) is 10.7 Å². The second kappa shape index (κ2) is 5.77. The highest BCUT2D eigenvalue weighted by atomic mass is 79.9. The monoisotopic (exact) mass is 346 g/mol. The van der Waals surface area contributed by atoms with Crippen molar-refractivity contribution in [1.29, 1.82) is 0 Å². The Bertz CT molecular complexity index is 588. The molecule has 0 radical (unpaired) electrons. The zero-order valence-corrected chi connectivity index (χ0v) is 12.5. The fraction of sp³-hybridized carbons (Fsp3) is 0.182. The Labute approximate surface area is 121 Å². The van der Waals surface area contributed by atoms with Crippen LogP contribution in [0.4, 0.5) is 0 Å². The van der Waals surface area contributed by atoms with E-state index in [-0.39, 0.29) is 17.3 Å². The largest absolute Gasteiger partial charge is 0.462 e. The Morgan fingerprint density at radius 1 is 1.61 bits per heavy atom. The van der Waals surface area contributed by atoms with Crippen LogP contribution in [-0.4, -0.2) is 22.5 Å². The molecule has 4 nitrogen and oxygen atoms in total. The summed E-state index contributed by atoms with van der Waals surface area (Å²) < 4.78 is 5.81. The number of aromatic nitrogens is 2. The molecule has 0 aliphatic heterocycles. The van der Waals surface area contributed by atoms with Gasteiger partial charge in [0.05, 0.1) is 11.5 Å². The van der Waals surface area contributed by atoms with Crippen LogP contribution < -0.4 is 0 Å². The van der Waals surface area contributed by atoms with Gasteiger partial charge in [-0.15, -0.1) is 11.3 Å². The molecule has 0 fully saturated rings. The molecule has 0 unspecified atom stereocenters. The third-order valence-electron chi connectivity index (χ3n) is 2.03. The fourth-order valence-electron chi connectivity index (χ4n) is 1.26. The Kier molecular flexibility index (Phi) is 4.31. The van der Waals surface area contributed by atoms with Crippen molar-refractivity contribution < 1.29 is 9.53 Å². The second-order valence-corrected chi connectivity index (χ2v) is 5.43.